The Morgan fingerprint density at radius 1 is 1.48 bits per heavy atom. The molecule has 0 bridgehead atoms. The Balaban J connectivity index is 2.02. The molecule has 1 atom stereocenters. The van der Waals surface area contributed by atoms with Gasteiger partial charge in [-0.1, -0.05) is 23.7 Å². The summed E-state index contributed by atoms with van der Waals surface area (Å²) in [5, 5.41) is 5.18. The van der Waals surface area contributed by atoms with Crippen LogP contribution >= 0.6 is 39.3 Å². The fourth-order valence-corrected chi connectivity index (χ4v) is 3.83. The van der Waals surface area contributed by atoms with Crippen molar-refractivity contribution in [3.8, 4) is 0 Å². The topological polar surface area (TPSA) is 55.9 Å². The van der Waals surface area contributed by atoms with Crippen LogP contribution in [0.3, 0.4) is 0 Å². The average Bonchev–Trinajstić information content (AvgIpc) is 2.70. The van der Waals surface area contributed by atoms with Gasteiger partial charge in [-0.3, -0.25) is 16.0 Å². The normalized spacial score (nSPS) is 12.6. The molecule has 0 spiro atoms. The zero-order chi connectivity index (χ0) is 15.4. The number of nitrogens with zero attached hydrogens (tertiary/aromatic N) is 2. The summed E-state index contributed by atoms with van der Waals surface area (Å²) in [6, 6.07) is 7.97. The van der Waals surface area contributed by atoms with Gasteiger partial charge in [0.25, 0.3) is 0 Å². The zero-order valence-electron chi connectivity index (χ0n) is 11.9. The van der Waals surface area contributed by atoms with Crippen molar-refractivity contribution in [2.24, 2.45) is 12.9 Å². The van der Waals surface area contributed by atoms with Crippen LogP contribution in [0.25, 0.3) is 0 Å². The number of benzene rings is 1. The Morgan fingerprint density at radius 2 is 2.19 bits per heavy atom. The molecular formula is C14H18BrClN4S. The van der Waals surface area contributed by atoms with Crippen LogP contribution in [-0.4, -0.2) is 21.6 Å². The van der Waals surface area contributed by atoms with E-state index in [0.717, 1.165) is 38.0 Å². The highest BCUT2D eigenvalue weighted by Crippen LogP contribution is 2.28. The van der Waals surface area contributed by atoms with Crippen molar-refractivity contribution in [3.63, 3.8) is 0 Å². The first-order valence-electron chi connectivity index (χ1n) is 6.54. The van der Waals surface area contributed by atoms with Crippen LogP contribution in [0.4, 0.5) is 0 Å². The molecule has 0 saturated carbocycles. The van der Waals surface area contributed by atoms with Crippen molar-refractivity contribution in [2.45, 2.75) is 24.3 Å². The van der Waals surface area contributed by atoms with E-state index in [4.69, 9.17) is 17.4 Å². The molecule has 114 valence electrons. The van der Waals surface area contributed by atoms with E-state index in [-0.39, 0.29) is 6.04 Å². The SMILES string of the molecule is Cc1nn(C)c(CC(CSc2ccccc2Cl)NN)c1Br. The van der Waals surface area contributed by atoms with Crippen LogP contribution in [0.15, 0.2) is 33.6 Å². The van der Waals surface area contributed by atoms with Gasteiger partial charge in [-0.05, 0) is 35.0 Å². The Morgan fingerprint density at radius 3 is 2.76 bits per heavy atom. The summed E-state index contributed by atoms with van der Waals surface area (Å²) < 4.78 is 2.94. The van der Waals surface area contributed by atoms with Gasteiger partial charge >= 0.3 is 0 Å². The molecule has 2 aromatic rings. The highest BCUT2D eigenvalue weighted by molar-refractivity contribution is 9.10. The quantitative estimate of drug-likeness (QED) is 0.452. The summed E-state index contributed by atoms with van der Waals surface area (Å²) in [5.74, 6) is 6.52. The van der Waals surface area contributed by atoms with E-state index in [1.165, 1.54) is 0 Å². The lowest BCUT2D eigenvalue weighted by atomic mass is 10.2. The van der Waals surface area contributed by atoms with E-state index in [0.29, 0.717) is 0 Å². The molecule has 3 N–H and O–H groups in total. The summed E-state index contributed by atoms with van der Waals surface area (Å²) in [7, 11) is 1.95. The van der Waals surface area contributed by atoms with Gasteiger partial charge in [0.05, 0.1) is 20.9 Å². The molecule has 0 radical (unpaired) electrons. The molecule has 7 heteroatoms. The maximum absolute atomic E-state index is 6.17. The van der Waals surface area contributed by atoms with Gasteiger partial charge in [0, 0.05) is 30.2 Å². The van der Waals surface area contributed by atoms with Crippen LogP contribution in [0.1, 0.15) is 11.4 Å². The van der Waals surface area contributed by atoms with Crippen molar-refractivity contribution >= 4 is 39.3 Å². The van der Waals surface area contributed by atoms with Crippen molar-refractivity contribution < 1.29 is 0 Å². The number of nitrogens with one attached hydrogen (secondary N) is 1. The van der Waals surface area contributed by atoms with E-state index in [2.05, 4.69) is 26.5 Å². The van der Waals surface area contributed by atoms with Crippen LogP contribution in [-0.2, 0) is 13.5 Å². The lowest BCUT2D eigenvalue weighted by Gasteiger charge is -2.16. The third-order valence-corrected chi connectivity index (χ3v) is 5.92. The molecule has 0 aliphatic carbocycles. The smallest absolute Gasteiger partial charge is 0.0738 e. The summed E-state index contributed by atoms with van der Waals surface area (Å²) in [5.41, 5.74) is 5.00. The van der Waals surface area contributed by atoms with Crippen molar-refractivity contribution in [2.75, 3.05) is 5.75 Å². The van der Waals surface area contributed by atoms with Crippen molar-refractivity contribution in [1.29, 1.82) is 0 Å². The number of aryl methyl sites for hydroxylation is 2. The Hall–Kier alpha value is -0.530. The van der Waals surface area contributed by atoms with Crippen LogP contribution in [0, 0.1) is 6.92 Å². The summed E-state index contributed by atoms with van der Waals surface area (Å²) in [4.78, 5) is 1.07. The highest BCUT2D eigenvalue weighted by Gasteiger charge is 2.16. The van der Waals surface area contributed by atoms with E-state index < -0.39 is 0 Å². The molecule has 4 nitrogen and oxygen atoms in total. The lowest BCUT2D eigenvalue weighted by Crippen LogP contribution is -2.39. The standard InChI is InChI=1S/C14H18BrClN4S/c1-9-14(15)12(20(2)19-9)7-10(18-17)8-21-13-6-4-3-5-11(13)16/h3-6,10,18H,7-8,17H2,1-2H3. The molecule has 0 fully saturated rings. The number of rotatable bonds is 6. The monoisotopic (exact) mass is 388 g/mol. The maximum atomic E-state index is 6.17. The first-order valence-corrected chi connectivity index (χ1v) is 8.70. The molecular weight excluding hydrogens is 372 g/mol. The Labute approximate surface area is 142 Å². The second kappa shape index (κ2) is 7.65. The molecule has 0 aliphatic rings. The largest absolute Gasteiger partial charge is 0.271 e. The number of nitrogens with two attached hydrogens (primary N) is 1. The molecule has 0 aliphatic heterocycles. The maximum Gasteiger partial charge on any atom is 0.0738 e. The Bertz CT molecular complexity index is 617. The summed E-state index contributed by atoms with van der Waals surface area (Å²) in [6.07, 6.45) is 0.797. The van der Waals surface area contributed by atoms with E-state index in [9.17, 15) is 0 Å². The van der Waals surface area contributed by atoms with Gasteiger partial charge in [0.2, 0.25) is 0 Å². The van der Waals surface area contributed by atoms with Gasteiger partial charge in [-0.15, -0.1) is 11.8 Å². The molecule has 1 aromatic carbocycles. The number of aromatic nitrogens is 2. The second-order valence-electron chi connectivity index (χ2n) is 4.78. The first-order chi connectivity index (χ1) is 10.0. The zero-order valence-corrected chi connectivity index (χ0v) is 15.1. The van der Waals surface area contributed by atoms with Crippen molar-refractivity contribution in [1.82, 2.24) is 15.2 Å². The Kier molecular flexibility index (Phi) is 6.13. The van der Waals surface area contributed by atoms with Crippen molar-refractivity contribution in [3.05, 3.63) is 45.1 Å². The summed E-state index contributed by atoms with van der Waals surface area (Å²) in [6.45, 7) is 1.98. The van der Waals surface area contributed by atoms with E-state index in [1.807, 2.05) is 42.9 Å². The minimum atomic E-state index is 0.136. The average molecular weight is 390 g/mol. The molecule has 0 saturated heterocycles. The van der Waals surface area contributed by atoms with Gasteiger partial charge in [0.15, 0.2) is 0 Å². The van der Waals surface area contributed by atoms with Gasteiger partial charge < -0.3 is 0 Å². The van der Waals surface area contributed by atoms with Crippen LogP contribution in [0.5, 0.6) is 0 Å². The van der Waals surface area contributed by atoms with Crippen LogP contribution in [0.2, 0.25) is 5.02 Å². The first kappa shape index (κ1) is 16.8. The lowest BCUT2D eigenvalue weighted by molar-refractivity contribution is 0.550. The molecule has 21 heavy (non-hydrogen) atoms. The minimum Gasteiger partial charge on any atom is -0.271 e. The fourth-order valence-electron chi connectivity index (χ4n) is 2.05. The predicted octanol–water partition coefficient (Wildman–Crippen LogP) is 3.31. The van der Waals surface area contributed by atoms with Crippen LogP contribution < -0.4 is 11.3 Å². The van der Waals surface area contributed by atoms with E-state index >= 15 is 0 Å². The number of thioether (sulfide) groups is 1. The molecule has 0 amide bonds. The van der Waals surface area contributed by atoms with Gasteiger partial charge in [-0.25, -0.2) is 0 Å². The van der Waals surface area contributed by atoms with E-state index in [1.54, 1.807) is 11.8 Å². The number of hydrazine groups is 1. The predicted molar refractivity (Wildman–Crippen MR) is 92.6 cm³/mol. The third kappa shape index (κ3) is 4.23. The number of hydrogen-bond donors (Lipinski definition) is 2. The second-order valence-corrected chi connectivity index (χ2v) is 7.04. The molecule has 1 unspecified atom stereocenters. The highest BCUT2D eigenvalue weighted by atomic mass is 79.9. The number of hydrogen-bond acceptors (Lipinski definition) is 4. The minimum absolute atomic E-state index is 0.136. The summed E-state index contributed by atoms with van der Waals surface area (Å²) >= 11 is 11.5. The van der Waals surface area contributed by atoms with Gasteiger partial charge in [-0.2, -0.15) is 5.10 Å². The fraction of sp³-hybridized carbons (Fsp3) is 0.357. The third-order valence-electron chi connectivity index (χ3n) is 3.21. The molecule has 2 rings (SSSR count). The number of halogens is 2. The molecule has 1 heterocycles. The van der Waals surface area contributed by atoms with Gasteiger partial charge in [0.1, 0.15) is 0 Å². The molecule has 1 aromatic heterocycles.